The number of fused-ring (bicyclic) bond motifs is 3. The van der Waals surface area contributed by atoms with E-state index < -0.39 is 0 Å². The van der Waals surface area contributed by atoms with E-state index in [0.717, 1.165) is 27.2 Å². The van der Waals surface area contributed by atoms with E-state index in [4.69, 9.17) is 0 Å². The fourth-order valence-corrected chi connectivity index (χ4v) is 3.58. The summed E-state index contributed by atoms with van der Waals surface area (Å²) in [6.07, 6.45) is 1.74. The number of thiazole rings is 1. The highest BCUT2D eigenvalue weighted by molar-refractivity contribution is 7.17. The van der Waals surface area contributed by atoms with Crippen LogP contribution in [0.3, 0.4) is 0 Å². The summed E-state index contributed by atoms with van der Waals surface area (Å²) in [5.41, 5.74) is 3.92. The Morgan fingerprint density at radius 2 is 2.22 bits per heavy atom. The molecular weight excluding hydrogens is 312 g/mol. The first-order valence-electron chi connectivity index (χ1n) is 7.22. The minimum absolute atomic E-state index is 0.122. The topological polar surface area (TPSA) is 82.2 Å². The second-order valence-electron chi connectivity index (χ2n) is 5.28. The van der Waals surface area contributed by atoms with Crippen molar-refractivity contribution in [1.29, 1.82) is 0 Å². The Morgan fingerprint density at radius 3 is 3.04 bits per heavy atom. The summed E-state index contributed by atoms with van der Waals surface area (Å²) >= 11 is 1.52. The SMILES string of the molecule is C[NH2+]c1cccc(Cn2ncc3c4scnc4n(C)c3c2=O)n1. The van der Waals surface area contributed by atoms with Crippen LogP contribution in [0.4, 0.5) is 5.82 Å². The predicted octanol–water partition coefficient (Wildman–Crippen LogP) is 0.613. The first kappa shape index (κ1) is 14.0. The quantitative estimate of drug-likeness (QED) is 0.598. The van der Waals surface area contributed by atoms with Crippen molar-refractivity contribution < 1.29 is 5.32 Å². The number of hydrogen-bond donors (Lipinski definition) is 1. The molecule has 0 saturated carbocycles. The van der Waals surface area contributed by atoms with Gasteiger partial charge in [-0.1, -0.05) is 6.07 Å². The van der Waals surface area contributed by atoms with E-state index in [1.54, 1.807) is 11.7 Å². The largest absolute Gasteiger partial charge is 0.323 e. The van der Waals surface area contributed by atoms with Crippen LogP contribution < -0.4 is 10.9 Å². The zero-order valence-corrected chi connectivity index (χ0v) is 13.5. The molecule has 0 atom stereocenters. The number of hydrogen-bond acceptors (Lipinski definition) is 5. The van der Waals surface area contributed by atoms with Crippen molar-refractivity contribution in [3.05, 3.63) is 46.0 Å². The third kappa shape index (κ3) is 2.14. The molecule has 116 valence electrons. The van der Waals surface area contributed by atoms with Crippen molar-refractivity contribution in [2.45, 2.75) is 6.54 Å². The summed E-state index contributed by atoms with van der Waals surface area (Å²) in [7, 11) is 3.80. The summed E-state index contributed by atoms with van der Waals surface area (Å²) in [5.74, 6) is 0.889. The molecule has 2 N–H and O–H groups in total. The molecule has 0 spiro atoms. The zero-order chi connectivity index (χ0) is 16.0. The van der Waals surface area contributed by atoms with Crippen LogP contribution in [0.15, 0.2) is 34.7 Å². The molecule has 0 amide bonds. The monoisotopic (exact) mass is 327 g/mol. The van der Waals surface area contributed by atoms with Gasteiger partial charge in [-0.15, -0.1) is 11.3 Å². The maximum Gasteiger partial charge on any atom is 0.291 e. The molecule has 7 nitrogen and oxygen atoms in total. The first-order valence-corrected chi connectivity index (χ1v) is 8.10. The number of nitrogens with two attached hydrogens (primary N) is 1. The van der Waals surface area contributed by atoms with Gasteiger partial charge in [0.1, 0.15) is 5.52 Å². The molecule has 4 rings (SSSR count). The van der Waals surface area contributed by atoms with E-state index in [2.05, 4.69) is 15.1 Å². The maximum absolute atomic E-state index is 12.8. The van der Waals surface area contributed by atoms with Crippen molar-refractivity contribution >= 4 is 38.4 Å². The van der Waals surface area contributed by atoms with Crippen LogP contribution in [0.5, 0.6) is 0 Å². The number of aryl methyl sites for hydroxylation is 1. The smallest absolute Gasteiger partial charge is 0.291 e. The van der Waals surface area contributed by atoms with Gasteiger partial charge in [-0.25, -0.2) is 9.67 Å². The van der Waals surface area contributed by atoms with Gasteiger partial charge in [-0.2, -0.15) is 10.1 Å². The molecule has 0 aliphatic carbocycles. The van der Waals surface area contributed by atoms with Gasteiger partial charge in [0, 0.05) is 18.5 Å². The Kier molecular flexibility index (Phi) is 3.21. The predicted molar refractivity (Wildman–Crippen MR) is 89.0 cm³/mol. The first-order chi connectivity index (χ1) is 11.2. The van der Waals surface area contributed by atoms with E-state index in [9.17, 15) is 4.79 Å². The lowest BCUT2D eigenvalue weighted by molar-refractivity contribution is -0.543. The lowest BCUT2D eigenvalue weighted by Gasteiger charge is -2.05. The van der Waals surface area contributed by atoms with Gasteiger partial charge in [-0.3, -0.25) is 10.1 Å². The second-order valence-corrected chi connectivity index (χ2v) is 6.13. The van der Waals surface area contributed by atoms with Gasteiger partial charge in [-0.05, 0) is 6.07 Å². The summed E-state index contributed by atoms with van der Waals surface area (Å²) in [5, 5.41) is 7.11. The van der Waals surface area contributed by atoms with E-state index in [1.165, 1.54) is 16.0 Å². The number of rotatable bonds is 3. The van der Waals surface area contributed by atoms with Crippen molar-refractivity contribution in [3.63, 3.8) is 0 Å². The third-order valence-corrected chi connectivity index (χ3v) is 4.75. The van der Waals surface area contributed by atoms with Gasteiger partial charge in [0.05, 0.1) is 35.7 Å². The minimum Gasteiger partial charge on any atom is -0.323 e. The molecular formula is C15H15N6OS+. The fourth-order valence-electron chi connectivity index (χ4n) is 2.75. The molecule has 0 unspecified atom stereocenters. The van der Waals surface area contributed by atoms with Gasteiger partial charge in [0.15, 0.2) is 5.65 Å². The molecule has 0 aromatic carbocycles. The molecule has 8 heteroatoms. The Hall–Kier alpha value is -2.58. The van der Waals surface area contributed by atoms with Crippen molar-refractivity contribution in [1.82, 2.24) is 24.3 Å². The van der Waals surface area contributed by atoms with Crippen LogP contribution in [0.1, 0.15) is 5.69 Å². The van der Waals surface area contributed by atoms with Crippen LogP contribution in [0.25, 0.3) is 21.3 Å². The maximum atomic E-state index is 12.8. The standard InChI is InChI=1S/C15H14N6OS/c1-16-11-5-3-4-9(19-11)7-21-15(22)12-10(6-18-21)13-14(20(12)2)17-8-23-13/h3-6,8H,7H2,1-2H3,(H,16,19)/p+1. The van der Waals surface area contributed by atoms with E-state index in [-0.39, 0.29) is 5.56 Å². The molecule has 0 radical (unpaired) electrons. The zero-order valence-electron chi connectivity index (χ0n) is 12.7. The summed E-state index contributed by atoms with van der Waals surface area (Å²) in [6.45, 7) is 0.350. The molecule has 0 aliphatic rings. The van der Waals surface area contributed by atoms with E-state index >= 15 is 0 Å². The molecule has 0 bridgehead atoms. The highest BCUT2D eigenvalue weighted by atomic mass is 32.1. The lowest BCUT2D eigenvalue weighted by atomic mass is 10.3. The Balaban J connectivity index is 1.86. The minimum atomic E-state index is -0.122. The average Bonchev–Trinajstić information content (AvgIpc) is 3.14. The summed E-state index contributed by atoms with van der Waals surface area (Å²) in [6, 6.07) is 5.76. The van der Waals surface area contributed by atoms with Crippen LogP contribution in [0.2, 0.25) is 0 Å². The molecule has 4 heterocycles. The van der Waals surface area contributed by atoms with Gasteiger partial charge >= 0.3 is 0 Å². The summed E-state index contributed by atoms with van der Waals surface area (Å²) in [4.78, 5) is 21.6. The Labute approximate surface area is 135 Å². The highest BCUT2D eigenvalue weighted by Gasteiger charge is 2.16. The van der Waals surface area contributed by atoms with Crippen LogP contribution in [-0.2, 0) is 13.6 Å². The van der Waals surface area contributed by atoms with Crippen molar-refractivity contribution in [2.75, 3.05) is 7.05 Å². The molecule has 0 fully saturated rings. The van der Waals surface area contributed by atoms with Gasteiger partial charge in [0.2, 0.25) is 5.82 Å². The molecule has 4 aromatic heterocycles. The Bertz CT molecular complexity index is 1080. The number of quaternary nitrogens is 1. The second kappa shape index (κ2) is 5.25. The van der Waals surface area contributed by atoms with E-state index in [0.29, 0.717) is 12.1 Å². The van der Waals surface area contributed by atoms with Gasteiger partial charge < -0.3 is 4.57 Å². The number of aromatic nitrogens is 5. The van der Waals surface area contributed by atoms with Crippen LogP contribution in [0, 0.1) is 0 Å². The Morgan fingerprint density at radius 1 is 1.35 bits per heavy atom. The number of nitrogens with zero attached hydrogens (tertiary/aromatic N) is 5. The highest BCUT2D eigenvalue weighted by Crippen LogP contribution is 2.27. The number of pyridine rings is 1. The normalized spacial score (nSPS) is 11.6. The van der Waals surface area contributed by atoms with Crippen LogP contribution in [-0.4, -0.2) is 31.4 Å². The molecule has 4 aromatic rings. The lowest BCUT2D eigenvalue weighted by Crippen LogP contribution is -2.73. The van der Waals surface area contributed by atoms with E-state index in [1.807, 2.05) is 42.2 Å². The average molecular weight is 327 g/mol. The van der Waals surface area contributed by atoms with Crippen molar-refractivity contribution in [2.24, 2.45) is 7.05 Å². The van der Waals surface area contributed by atoms with Crippen molar-refractivity contribution in [3.8, 4) is 0 Å². The molecule has 23 heavy (non-hydrogen) atoms. The molecule has 0 saturated heterocycles. The van der Waals surface area contributed by atoms with Crippen LogP contribution >= 0.6 is 11.3 Å². The molecule has 0 aliphatic heterocycles. The fraction of sp³-hybridized carbons (Fsp3) is 0.200. The van der Waals surface area contributed by atoms with Gasteiger partial charge in [0.25, 0.3) is 5.56 Å². The third-order valence-electron chi connectivity index (χ3n) is 3.90. The summed E-state index contributed by atoms with van der Waals surface area (Å²) < 4.78 is 4.29.